The van der Waals surface area contributed by atoms with E-state index in [1.807, 2.05) is 0 Å². The molecule has 1 aliphatic rings. The van der Waals surface area contributed by atoms with Gasteiger partial charge in [0, 0.05) is 17.5 Å². The van der Waals surface area contributed by atoms with Gasteiger partial charge < -0.3 is 4.74 Å². The van der Waals surface area contributed by atoms with E-state index in [1.165, 1.54) is 6.07 Å². The molecule has 6 heteroatoms. The smallest absolute Gasteiger partial charge is 0.271 e. The Balaban J connectivity index is 2.07. The molecule has 0 amide bonds. The van der Waals surface area contributed by atoms with Gasteiger partial charge in [-0.3, -0.25) is 14.8 Å². The number of benzene rings is 1. The van der Waals surface area contributed by atoms with Gasteiger partial charge in [0.15, 0.2) is 0 Å². The number of ether oxygens (including phenoxy) is 1. The monoisotopic (exact) mass is 219 g/mol. The van der Waals surface area contributed by atoms with Crippen LogP contribution >= 0.6 is 0 Å². The van der Waals surface area contributed by atoms with E-state index < -0.39 is 4.92 Å². The fraction of sp³-hybridized carbons (Fsp3) is 0.300. The minimum Gasteiger partial charge on any atom is -0.371 e. The van der Waals surface area contributed by atoms with E-state index in [1.54, 1.807) is 23.0 Å². The standard InChI is InChI=1S/C10H9N3O3/c14-13(15)8-2-1-7-4-11-12(10(7)3-8)5-9-6-16-9/h1-4,9H,5-6H2. The molecule has 0 bridgehead atoms. The van der Waals surface area contributed by atoms with Gasteiger partial charge in [0.05, 0.1) is 29.8 Å². The van der Waals surface area contributed by atoms with Crippen molar-refractivity contribution in [2.75, 3.05) is 6.61 Å². The lowest BCUT2D eigenvalue weighted by molar-refractivity contribution is -0.384. The number of hydrogen-bond acceptors (Lipinski definition) is 4. The van der Waals surface area contributed by atoms with Crippen molar-refractivity contribution in [3.63, 3.8) is 0 Å². The normalized spacial score (nSPS) is 18.9. The molecule has 1 saturated heterocycles. The summed E-state index contributed by atoms with van der Waals surface area (Å²) >= 11 is 0. The molecule has 1 aromatic carbocycles. The van der Waals surface area contributed by atoms with Gasteiger partial charge in [-0.2, -0.15) is 5.10 Å². The molecule has 16 heavy (non-hydrogen) atoms. The second-order valence-electron chi connectivity index (χ2n) is 3.78. The first kappa shape index (κ1) is 9.29. The molecule has 0 saturated carbocycles. The summed E-state index contributed by atoms with van der Waals surface area (Å²) in [5, 5.41) is 15.8. The summed E-state index contributed by atoms with van der Waals surface area (Å²) in [6.45, 7) is 1.40. The number of non-ortho nitro benzene ring substituents is 1. The van der Waals surface area contributed by atoms with Crippen molar-refractivity contribution in [3.05, 3.63) is 34.5 Å². The van der Waals surface area contributed by atoms with Crippen LogP contribution in [0.25, 0.3) is 10.9 Å². The molecule has 1 aromatic heterocycles. The first-order valence-electron chi connectivity index (χ1n) is 4.95. The third kappa shape index (κ3) is 1.53. The second-order valence-corrected chi connectivity index (χ2v) is 3.78. The zero-order valence-electron chi connectivity index (χ0n) is 8.37. The number of fused-ring (bicyclic) bond motifs is 1. The molecule has 1 fully saturated rings. The quantitative estimate of drug-likeness (QED) is 0.443. The van der Waals surface area contributed by atoms with Crippen molar-refractivity contribution in [1.29, 1.82) is 0 Å². The summed E-state index contributed by atoms with van der Waals surface area (Å²) in [4.78, 5) is 10.3. The second kappa shape index (κ2) is 3.28. The number of epoxide rings is 1. The molecule has 82 valence electrons. The molecule has 1 aliphatic heterocycles. The molecular formula is C10H9N3O3. The highest BCUT2D eigenvalue weighted by Crippen LogP contribution is 2.22. The fourth-order valence-electron chi connectivity index (χ4n) is 1.68. The number of nitrogens with zero attached hydrogens (tertiary/aromatic N) is 3. The summed E-state index contributed by atoms with van der Waals surface area (Å²) < 4.78 is 6.86. The summed E-state index contributed by atoms with van der Waals surface area (Å²) in [7, 11) is 0. The van der Waals surface area contributed by atoms with E-state index in [9.17, 15) is 10.1 Å². The van der Waals surface area contributed by atoms with Gasteiger partial charge in [-0.05, 0) is 6.07 Å². The van der Waals surface area contributed by atoms with Crippen LogP contribution in [0.4, 0.5) is 5.69 Å². The minimum absolute atomic E-state index is 0.0889. The Hall–Kier alpha value is -1.95. The van der Waals surface area contributed by atoms with E-state index in [-0.39, 0.29) is 11.8 Å². The maximum absolute atomic E-state index is 10.7. The maximum atomic E-state index is 10.7. The Kier molecular flexibility index (Phi) is 1.90. The van der Waals surface area contributed by atoms with Crippen molar-refractivity contribution in [1.82, 2.24) is 9.78 Å². The minimum atomic E-state index is -0.398. The van der Waals surface area contributed by atoms with Gasteiger partial charge in [0.1, 0.15) is 6.10 Å². The van der Waals surface area contributed by atoms with Crippen molar-refractivity contribution in [2.45, 2.75) is 12.6 Å². The molecule has 1 atom stereocenters. The topological polar surface area (TPSA) is 73.5 Å². The van der Waals surface area contributed by atoms with Crippen LogP contribution in [0.1, 0.15) is 0 Å². The van der Waals surface area contributed by atoms with Gasteiger partial charge >= 0.3 is 0 Å². The SMILES string of the molecule is O=[N+]([O-])c1ccc2cnn(CC3CO3)c2c1. The average Bonchev–Trinajstić information content (AvgIpc) is 2.99. The van der Waals surface area contributed by atoms with Gasteiger partial charge in [-0.1, -0.05) is 0 Å². The largest absolute Gasteiger partial charge is 0.371 e. The van der Waals surface area contributed by atoms with Crippen molar-refractivity contribution >= 4 is 16.6 Å². The van der Waals surface area contributed by atoms with Crippen LogP contribution in [0.3, 0.4) is 0 Å². The van der Waals surface area contributed by atoms with Crippen molar-refractivity contribution in [2.24, 2.45) is 0 Å². The average molecular weight is 219 g/mol. The molecule has 2 aromatic rings. The van der Waals surface area contributed by atoms with Gasteiger partial charge in [-0.25, -0.2) is 0 Å². The van der Waals surface area contributed by atoms with Crippen LogP contribution in [0.15, 0.2) is 24.4 Å². The Morgan fingerprint density at radius 3 is 3.12 bits per heavy atom. The molecular weight excluding hydrogens is 210 g/mol. The van der Waals surface area contributed by atoms with Gasteiger partial charge in [-0.15, -0.1) is 0 Å². The molecule has 0 N–H and O–H groups in total. The summed E-state index contributed by atoms with van der Waals surface area (Å²) in [5.74, 6) is 0. The Labute approximate surface area is 90.6 Å². The first-order chi connectivity index (χ1) is 7.74. The zero-order valence-corrected chi connectivity index (χ0v) is 8.37. The fourth-order valence-corrected chi connectivity index (χ4v) is 1.68. The van der Waals surface area contributed by atoms with Gasteiger partial charge in [0.25, 0.3) is 5.69 Å². The molecule has 6 nitrogen and oxygen atoms in total. The lowest BCUT2D eigenvalue weighted by Crippen LogP contribution is -2.05. The number of nitro benzene ring substituents is 1. The number of rotatable bonds is 3. The molecule has 1 unspecified atom stereocenters. The lowest BCUT2D eigenvalue weighted by Gasteiger charge is -1.99. The zero-order chi connectivity index (χ0) is 11.1. The summed E-state index contributed by atoms with van der Waals surface area (Å²) in [6, 6.07) is 4.75. The van der Waals surface area contributed by atoms with Crippen LogP contribution in [-0.4, -0.2) is 27.4 Å². The molecule has 2 heterocycles. The third-order valence-corrected chi connectivity index (χ3v) is 2.62. The van der Waals surface area contributed by atoms with E-state index in [0.29, 0.717) is 6.54 Å². The number of hydrogen-bond donors (Lipinski definition) is 0. The highest BCUT2D eigenvalue weighted by Gasteiger charge is 2.24. The van der Waals surface area contributed by atoms with E-state index in [0.717, 1.165) is 17.5 Å². The van der Waals surface area contributed by atoms with Crippen LogP contribution in [0, 0.1) is 10.1 Å². The maximum Gasteiger partial charge on any atom is 0.271 e. The highest BCUT2D eigenvalue weighted by molar-refractivity contribution is 5.80. The summed E-state index contributed by atoms with van der Waals surface area (Å²) in [5.41, 5.74) is 0.871. The Morgan fingerprint density at radius 1 is 1.62 bits per heavy atom. The Morgan fingerprint density at radius 2 is 2.44 bits per heavy atom. The van der Waals surface area contributed by atoms with E-state index in [4.69, 9.17) is 4.74 Å². The van der Waals surface area contributed by atoms with E-state index in [2.05, 4.69) is 5.10 Å². The molecule has 0 aliphatic carbocycles. The van der Waals surface area contributed by atoms with Crippen LogP contribution in [0.2, 0.25) is 0 Å². The number of nitro groups is 1. The Bertz CT molecular complexity index is 559. The molecule has 0 radical (unpaired) electrons. The van der Waals surface area contributed by atoms with Crippen molar-refractivity contribution < 1.29 is 9.66 Å². The van der Waals surface area contributed by atoms with Crippen molar-refractivity contribution in [3.8, 4) is 0 Å². The highest BCUT2D eigenvalue weighted by atomic mass is 16.6. The van der Waals surface area contributed by atoms with Crippen LogP contribution in [0.5, 0.6) is 0 Å². The summed E-state index contributed by atoms with van der Waals surface area (Å²) in [6.07, 6.45) is 1.92. The molecule has 3 rings (SSSR count). The van der Waals surface area contributed by atoms with Crippen LogP contribution < -0.4 is 0 Å². The van der Waals surface area contributed by atoms with Crippen LogP contribution in [-0.2, 0) is 11.3 Å². The van der Waals surface area contributed by atoms with E-state index >= 15 is 0 Å². The first-order valence-corrected chi connectivity index (χ1v) is 4.95. The lowest BCUT2D eigenvalue weighted by atomic mass is 10.2. The predicted octanol–water partition coefficient (Wildman–Crippen LogP) is 1.34. The predicted molar refractivity (Wildman–Crippen MR) is 56.1 cm³/mol. The number of aromatic nitrogens is 2. The third-order valence-electron chi connectivity index (χ3n) is 2.62. The van der Waals surface area contributed by atoms with Gasteiger partial charge in [0.2, 0.25) is 0 Å². The molecule has 0 spiro atoms.